The quantitative estimate of drug-likeness (QED) is 0.878. The first-order valence-corrected chi connectivity index (χ1v) is 9.06. The molecule has 0 unspecified atom stereocenters. The number of hydrogen-bond acceptors (Lipinski definition) is 7. The van der Waals surface area contributed by atoms with Crippen LogP contribution in [0.3, 0.4) is 0 Å². The average molecular weight is 348 g/mol. The van der Waals surface area contributed by atoms with Gasteiger partial charge in [0.15, 0.2) is 0 Å². The molecule has 8 heteroatoms. The first-order valence-electron chi connectivity index (χ1n) is 8.11. The van der Waals surface area contributed by atoms with Gasteiger partial charge in [0.25, 0.3) is 5.91 Å². The summed E-state index contributed by atoms with van der Waals surface area (Å²) < 4.78 is 11.1. The van der Waals surface area contributed by atoms with Gasteiger partial charge in [-0.25, -0.2) is 4.98 Å². The van der Waals surface area contributed by atoms with Crippen LogP contribution in [0.5, 0.6) is 0 Å². The molecule has 0 bridgehead atoms. The zero-order valence-corrected chi connectivity index (χ0v) is 14.3. The van der Waals surface area contributed by atoms with Gasteiger partial charge in [-0.15, -0.1) is 11.3 Å². The van der Waals surface area contributed by atoms with E-state index in [4.69, 9.17) is 9.26 Å². The number of carbonyl (C=O) groups excluding carboxylic acids is 1. The number of likely N-dealkylation sites (tertiary alicyclic amines) is 1. The fourth-order valence-electron chi connectivity index (χ4n) is 3.58. The van der Waals surface area contributed by atoms with Gasteiger partial charge in [0.2, 0.25) is 0 Å². The molecule has 1 N–H and O–H groups in total. The van der Waals surface area contributed by atoms with E-state index in [2.05, 4.69) is 20.4 Å². The molecule has 2 aliphatic rings. The maximum absolute atomic E-state index is 12.0. The van der Waals surface area contributed by atoms with Gasteiger partial charge < -0.3 is 14.6 Å². The number of nitrogens with one attached hydrogen (secondary N) is 1. The number of rotatable bonds is 5. The van der Waals surface area contributed by atoms with Crippen LogP contribution in [0.15, 0.2) is 21.5 Å². The minimum absolute atomic E-state index is 0.104. The molecule has 2 aromatic rings. The van der Waals surface area contributed by atoms with Gasteiger partial charge in [-0.3, -0.25) is 9.69 Å². The first kappa shape index (κ1) is 15.7. The second kappa shape index (κ2) is 6.62. The number of amides is 1. The first-order chi connectivity index (χ1) is 11.7. The summed E-state index contributed by atoms with van der Waals surface area (Å²) in [5.41, 5.74) is 3.12. The van der Waals surface area contributed by atoms with Crippen molar-refractivity contribution in [1.29, 1.82) is 0 Å². The van der Waals surface area contributed by atoms with Crippen LogP contribution in [0.2, 0.25) is 0 Å². The Balaban J connectivity index is 1.30. The lowest BCUT2D eigenvalue weighted by molar-refractivity contribution is 0.0899. The lowest BCUT2D eigenvalue weighted by atomic mass is 9.93. The Hall–Kier alpha value is -1.77. The average Bonchev–Trinajstić information content (AvgIpc) is 3.30. The van der Waals surface area contributed by atoms with Crippen molar-refractivity contribution in [3.63, 3.8) is 0 Å². The minimum atomic E-state index is -0.104. The minimum Gasteiger partial charge on any atom is -0.376 e. The van der Waals surface area contributed by atoms with Crippen molar-refractivity contribution < 1.29 is 14.1 Å². The van der Waals surface area contributed by atoms with E-state index in [9.17, 15) is 4.79 Å². The number of aromatic nitrogens is 2. The van der Waals surface area contributed by atoms with Crippen molar-refractivity contribution in [2.24, 2.45) is 11.8 Å². The standard InChI is InChI=1S/C16H20N4O3S/c1-10-2-12(19-23-10)4-20-5-13-11(7-22-15(13)6-20)3-17-16(21)14-8-24-9-18-14/h2,8-9,11,13,15H,3-7H2,1H3,(H,17,21)/t11-,13-,15-/m1/s1. The molecular formula is C16H20N4O3S. The molecule has 7 nitrogen and oxygen atoms in total. The highest BCUT2D eigenvalue weighted by molar-refractivity contribution is 7.07. The predicted molar refractivity (Wildman–Crippen MR) is 87.7 cm³/mol. The normalized spacial score (nSPS) is 26.6. The third kappa shape index (κ3) is 3.22. The molecule has 128 valence electrons. The fraction of sp³-hybridized carbons (Fsp3) is 0.562. The number of aryl methyl sites for hydroxylation is 1. The van der Waals surface area contributed by atoms with Crippen molar-refractivity contribution in [1.82, 2.24) is 20.4 Å². The van der Waals surface area contributed by atoms with Crippen LogP contribution in [0, 0.1) is 18.8 Å². The number of nitrogens with zero attached hydrogens (tertiary/aromatic N) is 3. The predicted octanol–water partition coefficient (Wildman–Crippen LogP) is 1.32. The number of thiazole rings is 1. The Kier molecular flexibility index (Phi) is 4.34. The summed E-state index contributed by atoms with van der Waals surface area (Å²) in [6.45, 7) is 5.91. The Morgan fingerprint density at radius 1 is 1.50 bits per heavy atom. The number of carbonyl (C=O) groups is 1. The van der Waals surface area contributed by atoms with E-state index in [0.29, 0.717) is 30.7 Å². The highest BCUT2D eigenvalue weighted by Gasteiger charge is 2.43. The fourth-order valence-corrected chi connectivity index (χ4v) is 4.11. The summed E-state index contributed by atoms with van der Waals surface area (Å²) in [5.74, 6) is 1.53. The summed E-state index contributed by atoms with van der Waals surface area (Å²) >= 11 is 1.43. The molecule has 2 fully saturated rings. The Labute approximate surface area is 144 Å². The van der Waals surface area contributed by atoms with E-state index in [1.165, 1.54) is 11.3 Å². The Morgan fingerprint density at radius 2 is 2.42 bits per heavy atom. The molecule has 2 aromatic heterocycles. The summed E-state index contributed by atoms with van der Waals surface area (Å²) in [7, 11) is 0. The van der Waals surface area contributed by atoms with E-state index in [1.807, 2.05) is 13.0 Å². The summed E-state index contributed by atoms with van der Waals surface area (Å²) in [5, 5.41) is 8.81. The lowest BCUT2D eigenvalue weighted by Gasteiger charge is -2.19. The molecule has 3 atom stereocenters. The monoisotopic (exact) mass is 348 g/mol. The van der Waals surface area contributed by atoms with Gasteiger partial charge in [-0.2, -0.15) is 0 Å². The molecule has 0 saturated carbocycles. The molecule has 0 radical (unpaired) electrons. The molecule has 4 heterocycles. The molecule has 0 spiro atoms. The van der Waals surface area contributed by atoms with Gasteiger partial charge in [-0.1, -0.05) is 5.16 Å². The molecule has 0 aliphatic carbocycles. The van der Waals surface area contributed by atoms with E-state index in [-0.39, 0.29) is 12.0 Å². The molecule has 2 saturated heterocycles. The second-order valence-corrected chi connectivity index (χ2v) is 7.22. The van der Waals surface area contributed by atoms with Gasteiger partial charge in [-0.05, 0) is 6.92 Å². The zero-order chi connectivity index (χ0) is 16.5. The van der Waals surface area contributed by atoms with Gasteiger partial charge >= 0.3 is 0 Å². The van der Waals surface area contributed by atoms with Gasteiger partial charge in [0, 0.05) is 49.5 Å². The van der Waals surface area contributed by atoms with Crippen molar-refractivity contribution in [3.8, 4) is 0 Å². The number of ether oxygens (including phenoxy) is 1. The van der Waals surface area contributed by atoms with E-state index in [1.54, 1.807) is 10.9 Å². The molecule has 2 aliphatic heterocycles. The van der Waals surface area contributed by atoms with Crippen LogP contribution < -0.4 is 5.32 Å². The Bertz CT molecular complexity index is 702. The van der Waals surface area contributed by atoms with E-state index in [0.717, 1.165) is 31.1 Å². The lowest BCUT2D eigenvalue weighted by Crippen LogP contribution is -2.34. The van der Waals surface area contributed by atoms with Crippen LogP contribution in [-0.4, -0.2) is 53.3 Å². The highest BCUT2D eigenvalue weighted by Crippen LogP contribution is 2.34. The van der Waals surface area contributed by atoms with Gasteiger partial charge in [0.05, 0.1) is 23.9 Å². The highest BCUT2D eigenvalue weighted by atomic mass is 32.1. The molecular weight excluding hydrogens is 328 g/mol. The molecule has 1 amide bonds. The van der Waals surface area contributed by atoms with E-state index >= 15 is 0 Å². The maximum Gasteiger partial charge on any atom is 0.270 e. The number of fused-ring (bicyclic) bond motifs is 1. The van der Waals surface area contributed by atoms with Crippen LogP contribution >= 0.6 is 11.3 Å². The molecule has 24 heavy (non-hydrogen) atoms. The van der Waals surface area contributed by atoms with Crippen LogP contribution in [0.25, 0.3) is 0 Å². The van der Waals surface area contributed by atoms with Crippen molar-refractivity contribution in [2.45, 2.75) is 19.6 Å². The van der Waals surface area contributed by atoms with E-state index < -0.39 is 0 Å². The third-order valence-electron chi connectivity index (χ3n) is 4.77. The van der Waals surface area contributed by atoms with Gasteiger partial charge in [0.1, 0.15) is 11.5 Å². The van der Waals surface area contributed by atoms with Crippen LogP contribution in [-0.2, 0) is 11.3 Å². The summed E-state index contributed by atoms with van der Waals surface area (Å²) in [6.07, 6.45) is 0.249. The van der Waals surface area contributed by atoms with Crippen molar-refractivity contribution in [2.75, 3.05) is 26.2 Å². The van der Waals surface area contributed by atoms with Crippen molar-refractivity contribution in [3.05, 3.63) is 34.1 Å². The zero-order valence-electron chi connectivity index (χ0n) is 13.5. The largest absolute Gasteiger partial charge is 0.376 e. The SMILES string of the molecule is Cc1cc(CN2C[C@@H]3[C@H](CNC(=O)c4cscn4)CO[C@@H]3C2)no1. The summed E-state index contributed by atoms with van der Waals surface area (Å²) in [4.78, 5) is 18.4. The second-order valence-electron chi connectivity index (χ2n) is 6.50. The van der Waals surface area contributed by atoms with Crippen LogP contribution in [0.1, 0.15) is 21.9 Å². The molecule has 4 rings (SSSR count). The summed E-state index contributed by atoms with van der Waals surface area (Å²) in [6, 6.07) is 1.97. The van der Waals surface area contributed by atoms with Crippen molar-refractivity contribution >= 4 is 17.2 Å². The number of hydrogen-bond donors (Lipinski definition) is 1. The third-order valence-corrected chi connectivity index (χ3v) is 5.35. The molecule has 0 aromatic carbocycles. The Morgan fingerprint density at radius 3 is 3.17 bits per heavy atom. The maximum atomic E-state index is 12.0. The van der Waals surface area contributed by atoms with Crippen LogP contribution in [0.4, 0.5) is 0 Å². The smallest absolute Gasteiger partial charge is 0.270 e. The topological polar surface area (TPSA) is 80.5 Å².